The molecule has 4 rings (SSSR count). The van der Waals surface area contributed by atoms with Crippen molar-refractivity contribution in [2.45, 2.75) is 104 Å². The van der Waals surface area contributed by atoms with Gasteiger partial charge in [0.25, 0.3) is 0 Å². The summed E-state index contributed by atoms with van der Waals surface area (Å²) in [5.41, 5.74) is 4.75. The molecule has 2 aromatic heterocycles. The Hall–Kier alpha value is -2.51. The van der Waals surface area contributed by atoms with Crippen molar-refractivity contribution in [1.29, 1.82) is 0 Å². The number of carbonyl (C=O) groups excluding carboxylic acids is 1. The molecule has 1 aromatic carbocycles. The summed E-state index contributed by atoms with van der Waals surface area (Å²) in [7, 11) is 1.46. The third-order valence-corrected chi connectivity index (χ3v) is 9.14. The summed E-state index contributed by atoms with van der Waals surface area (Å²) in [5, 5.41) is 0. The maximum Gasteiger partial charge on any atom is 0.348 e. The molecule has 0 bridgehead atoms. The molecule has 1 saturated carbocycles. The molecule has 0 unspecified atom stereocenters. The lowest BCUT2D eigenvalue weighted by molar-refractivity contribution is 0.0606. The van der Waals surface area contributed by atoms with E-state index in [9.17, 15) is 4.79 Å². The van der Waals surface area contributed by atoms with Crippen molar-refractivity contribution in [1.82, 2.24) is 4.57 Å². The van der Waals surface area contributed by atoms with E-state index in [0.717, 1.165) is 80.6 Å². The van der Waals surface area contributed by atoms with Crippen molar-refractivity contribution in [3.63, 3.8) is 0 Å². The van der Waals surface area contributed by atoms with Crippen LogP contribution in [0.1, 0.15) is 113 Å². The van der Waals surface area contributed by atoms with Gasteiger partial charge in [-0.25, -0.2) is 4.79 Å². The van der Waals surface area contributed by atoms with Gasteiger partial charge in [-0.3, -0.25) is 0 Å². The molecule has 7 heteroatoms. The number of methoxy groups -OCH3 is 1. The van der Waals surface area contributed by atoms with E-state index in [1.807, 2.05) is 6.07 Å². The highest BCUT2D eigenvalue weighted by atomic mass is 32.1. The van der Waals surface area contributed by atoms with Crippen LogP contribution in [0.25, 0.3) is 21.5 Å². The SMILES string of the molecule is CCCCOCCn1c(-c2ccc(OCCCC)cc2OCCCC)c(C2CCCCC2)c2sc(C(=O)OC)cc21. The summed E-state index contributed by atoms with van der Waals surface area (Å²) in [4.78, 5) is 13.3. The first-order valence-corrected chi connectivity index (χ1v) is 16.7. The molecule has 3 aromatic rings. The lowest BCUT2D eigenvalue weighted by Gasteiger charge is -2.24. The van der Waals surface area contributed by atoms with Crippen LogP contribution in [0.15, 0.2) is 24.3 Å². The quantitative estimate of drug-likeness (QED) is 0.117. The van der Waals surface area contributed by atoms with Crippen LogP contribution in [0.2, 0.25) is 0 Å². The summed E-state index contributed by atoms with van der Waals surface area (Å²) in [6.45, 7) is 10.0. The molecule has 0 aliphatic heterocycles. The van der Waals surface area contributed by atoms with Gasteiger partial charge in [0.1, 0.15) is 16.4 Å². The maximum absolute atomic E-state index is 12.6. The summed E-state index contributed by atoms with van der Waals surface area (Å²) < 4.78 is 27.4. The fourth-order valence-corrected chi connectivity index (χ4v) is 6.92. The zero-order chi connectivity index (χ0) is 29.0. The fraction of sp³-hybridized carbons (Fsp3) is 0.618. The number of nitrogens with zero attached hydrogens (tertiary/aromatic N) is 1. The van der Waals surface area contributed by atoms with Gasteiger partial charge >= 0.3 is 5.97 Å². The molecule has 0 radical (unpaired) electrons. The Labute approximate surface area is 250 Å². The van der Waals surface area contributed by atoms with Gasteiger partial charge in [0.15, 0.2) is 0 Å². The number of ether oxygens (including phenoxy) is 4. The molecule has 0 amide bonds. The average Bonchev–Trinajstić information content (AvgIpc) is 3.55. The first-order valence-electron chi connectivity index (χ1n) is 15.8. The van der Waals surface area contributed by atoms with E-state index >= 15 is 0 Å². The summed E-state index contributed by atoms with van der Waals surface area (Å²) >= 11 is 1.57. The Kier molecular flexibility index (Phi) is 12.4. The monoisotopic (exact) mass is 583 g/mol. The normalized spacial score (nSPS) is 14.0. The van der Waals surface area contributed by atoms with E-state index < -0.39 is 0 Å². The molecule has 6 nitrogen and oxygen atoms in total. The highest BCUT2D eigenvalue weighted by Gasteiger charge is 2.30. The van der Waals surface area contributed by atoms with E-state index in [-0.39, 0.29) is 5.97 Å². The number of unbranched alkanes of at least 4 members (excludes halogenated alkanes) is 3. The number of hydrogen-bond acceptors (Lipinski definition) is 6. The summed E-state index contributed by atoms with van der Waals surface area (Å²) in [6, 6.07) is 8.37. The standard InChI is InChI=1S/C34H49NO5S/c1-5-8-19-38-22-18-35-28-24-30(34(36)37-4)41-33(28)31(25-14-12-11-13-15-25)32(35)27-17-16-26(39-20-9-6-2)23-29(27)40-21-10-7-3/h16-17,23-25H,5-15,18-22H2,1-4H3. The zero-order valence-electron chi connectivity index (χ0n) is 25.6. The second-order valence-electron chi connectivity index (χ2n) is 11.1. The smallest absolute Gasteiger partial charge is 0.348 e. The molecule has 1 aliphatic rings. The van der Waals surface area contributed by atoms with E-state index in [1.54, 1.807) is 11.3 Å². The van der Waals surface area contributed by atoms with E-state index in [2.05, 4.69) is 43.5 Å². The molecule has 0 N–H and O–H groups in total. The molecule has 226 valence electrons. The van der Waals surface area contributed by atoms with Gasteiger partial charge in [-0.15, -0.1) is 11.3 Å². The number of rotatable bonds is 17. The molecule has 0 atom stereocenters. The lowest BCUT2D eigenvalue weighted by Crippen LogP contribution is -2.11. The van der Waals surface area contributed by atoms with Crippen molar-refractivity contribution >= 4 is 27.5 Å². The van der Waals surface area contributed by atoms with Crippen molar-refractivity contribution in [2.24, 2.45) is 0 Å². The number of carbonyl (C=O) groups is 1. The van der Waals surface area contributed by atoms with Gasteiger partial charge in [0.2, 0.25) is 0 Å². The molecule has 41 heavy (non-hydrogen) atoms. The second-order valence-corrected chi connectivity index (χ2v) is 12.1. The lowest BCUT2D eigenvalue weighted by atomic mass is 9.83. The third-order valence-electron chi connectivity index (χ3n) is 8.00. The van der Waals surface area contributed by atoms with Crippen molar-refractivity contribution in [2.75, 3.05) is 33.5 Å². The Bertz CT molecular complexity index is 1240. The largest absolute Gasteiger partial charge is 0.493 e. The molecule has 1 aliphatic carbocycles. The highest BCUT2D eigenvalue weighted by molar-refractivity contribution is 7.21. The van der Waals surface area contributed by atoms with Crippen molar-refractivity contribution in [3.8, 4) is 22.8 Å². The Balaban J connectivity index is 1.87. The molecule has 1 fully saturated rings. The van der Waals surface area contributed by atoms with Gasteiger partial charge in [-0.05, 0) is 61.8 Å². The van der Waals surface area contributed by atoms with Gasteiger partial charge < -0.3 is 23.5 Å². The van der Waals surface area contributed by atoms with E-state index in [0.29, 0.717) is 37.2 Å². The molecule has 0 saturated heterocycles. The van der Waals surface area contributed by atoms with E-state index in [4.69, 9.17) is 18.9 Å². The molecular formula is C34H49NO5S. The van der Waals surface area contributed by atoms with Crippen LogP contribution in [0.4, 0.5) is 0 Å². The Morgan fingerprint density at radius 1 is 0.902 bits per heavy atom. The number of esters is 1. The van der Waals surface area contributed by atoms with Crippen molar-refractivity contribution in [3.05, 3.63) is 34.7 Å². The van der Waals surface area contributed by atoms with Crippen LogP contribution in [-0.2, 0) is 16.0 Å². The molecule has 2 heterocycles. The number of fused-ring (bicyclic) bond motifs is 1. The van der Waals surface area contributed by atoms with Crippen LogP contribution in [0.3, 0.4) is 0 Å². The number of aromatic nitrogens is 1. The minimum absolute atomic E-state index is 0.273. The summed E-state index contributed by atoms with van der Waals surface area (Å²) in [6.07, 6.45) is 12.4. The Morgan fingerprint density at radius 3 is 2.32 bits per heavy atom. The average molecular weight is 584 g/mol. The minimum Gasteiger partial charge on any atom is -0.493 e. The maximum atomic E-state index is 12.6. The van der Waals surface area contributed by atoms with Crippen LogP contribution in [0.5, 0.6) is 11.5 Å². The fourth-order valence-electron chi connectivity index (χ4n) is 5.71. The predicted octanol–water partition coefficient (Wildman–Crippen LogP) is 9.38. The zero-order valence-corrected chi connectivity index (χ0v) is 26.4. The van der Waals surface area contributed by atoms with Crippen LogP contribution in [-0.4, -0.2) is 44.1 Å². The Morgan fingerprint density at radius 2 is 1.61 bits per heavy atom. The van der Waals surface area contributed by atoms with Gasteiger partial charge in [-0.1, -0.05) is 59.3 Å². The van der Waals surface area contributed by atoms with Crippen LogP contribution < -0.4 is 9.47 Å². The van der Waals surface area contributed by atoms with Crippen LogP contribution in [0, 0.1) is 0 Å². The highest BCUT2D eigenvalue weighted by Crippen LogP contribution is 2.49. The first kappa shape index (κ1) is 31.4. The van der Waals surface area contributed by atoms with Crippen molar-refractivity contribution < 1.29 is 23.7 Å². The van der Waals surface area contributed by atoms with Gasteiger partial charge in [0, 0.05) is 24.8 Å². The van der Waals surface area contributed by atoms with Gasteiger partial charge in [-0.2, -0.15) is 0 Å². The molecular weight excluding hydrogens is 534 g/mol. The minimum atomic E-state index is -0.273. The summed E-state index contributed by atoms with van der Waals surface area (Å²) in [5.74, 6) is 1.89. The topological polar surface area (TPSA) is 58.9 Å². The molecule has 0 spiro atoms. The van der Waals surface area contributed by atoms with Crippen LogP contribution >= 0.6 is 11.3 Å². The third kappa shape index (κ3) is 7.86. The van der Waals surface area contributed by atoms with E-state index in [1.165, 1.54) is 42.3 Å². The first-order chi connectivity index (χ1) is 20.1. The second kappa shape index (κ2) is 16.2. The number of thiophene rings is 1. The van der Waals surface area contributed by atoms with Gasteiger partial charge in [0.05, 0.1) is 42.8 Å². The predicted molar refractivity (Wildman–Crippen MR) is 169 cm³/mol. The number of hydrogen-bond donors (Lipinski definition) is 0. The number of benzene rings is 1.